The zero-order chi connectivity index (χ0) is 32.9. The molecule has 6 aromatic rings. The van der Waals surface area contributed by atoms with Crippen molar-refractivity contribution in [3.05, 3.63) is 112 Å². The Balaban J connectivity index is 0. The van der Waals surface area contributed by atoms with Crippen molar-refractivity contribution in [1.82, 2.24) is 10.6 Å². The van der Waals surface area contributed by atoms with Crippen LogP contribution in [0, 0.1) is 14.9 Å². The number of phenols is 2. The van der Waals surface area contributed by atoms with E-state index in [1.165, 1.54) is 6.92 Å². The second kappa shape index (κ2) is 24.0. The monoisotopic (exact) mass is 816 g/mol. The van der Waals surface area contributed by atoms with Gasteiger partial charge in [-0.05, 0) is 0 Å². The van der Waals surface area contributed by atoms with Crippen LogP contribution in [0.25, 0.3) is 43.1 Å². The van der Waals surface area contributed by atoms with E-state index in [9.17, 15) is 19.8 Å². The molecule has 10 heteroatoms. The maximum atomic E-state index is 12.1. The molecule has 0 saturated heterocycles. The molecular formula is C39H46N2O6Y2-2. The molecule has 6 aromatic carbocycles. The van der Waals surface area contributed by atoms with E-state index in [4.69, 9.17) is 9.47 Å². The van der Waals surface area contributed by atoms with Gasteiger partial charge in [-0.2, -0.15) is 0 Å². The number of fused-ring (bicyclic) bond motifs is 4. The molecule has 0 aliphatic rings. The molecule has 0 aliphatic heterocycles. The first-order valence-electron chi connectivity index (χ1n) is 14.9. The smallest absolute Gasteiger partial charge is 0.414 e. The molecule has 8 nitrogen and oxygen atoms in total. The molecule has 0 spiro atoms. The minimum atomic E-state index is -0.644. The second-order valence-corrected chi connectivity index (χ2v) is 9.22. The predicted octanol–water partition coefficient (Wildman–Crippen LogP) is 9.54. The fraction of sp³-hybridized carbons (Fsp3) is 0.179. The van der Waals surface area contributed by atoms with Gasteiger partial charge < -0.3 is 45.2 Å². The molecule has 6 rings (SSSR count). The van der Waals surface area contributed by atoms with Crippen molar-refractivity contribution in [3.8, 4) is 23.0 Å². The average Bonchev–Trinajstić information content (AvgIpc) is 3.09. The van der Waals surface area contributed by atoms with Crippen molar-refractivity contribution in [3.63, 3.8) is 0 Å². The molecule has 49 heavy (non-hydrogen) atoms. The van der Waals surface area contributed by atoms with Gasteiger partial charge in [0, 0.05) is 115 Å². The van der Waals surface area contributed by atoms with Crippen molar-refractivity contribution in [1.29, 1.82) is 0 Å². The van der Waals surface area contributed by atoms with Gasteiger partial charge in [0.2, 0.25) is 5.91 Å². The van der Waals surface area contributed by atoms with Crippen LogP contribution in [0.3, 0.4) is 0 Å². The summed E-state index contributed by atoms with van der Waals surface area (Å²) in [5, 5.41) is 31.2. The first kappa shape index (κ1) is 47.8. The summed E-state index contributed by atoms with van der Waals surface area (Å²) in [6.45, 7) is 9.37. The Bertz CT molecular complexity index is 1760. The number of benzene rings is 6. The molecule has 0 fully saturated rings. The summed E-state index contributed by atoms with van der Waals surface area (Å²) in [7, 11) is 1.62. The second-order valence-electron chi connectivity index (χ2n) is 9.22. The molecule has 0 unspecified atom stereocenters. The van der Waals surface area contributed by atoms with Crippen LogP contribution < -0.4 is 20.1 Å². The third-order valence-electron chi connectivity index (χ3n) is 6.68. The zero-order valence-electron chi connectivity index (χ0n) is 29.6. The number of hydrogen-bond acceptors (Lipinski definition) is 6. The number of hydrogen-bond donors (Lipinski definition) is 4. The zero-order valence-corrected chi connectivity index (χ0v) is 35.3. The summed E-state index contributed by atoms with van der Waals surface area (Å²) in [5.74, 6) is 1.40. The van der Waals surface area contributed by atoms with E-state index in [1.54, 1.807) is 31.4 Å². The van der Waals surface area contributed by atoms with Crippen LogP contribution in [-0.2, 0) is 70.2 Å². The van der Waals surface area contributed by atoms with Crippen molar-refractivity contribution < 1.29 is 94.7 Å². The number of ether oxygens (including phenoxy) is 2. The van der Waals surface area contributed by atoms with Crippen molar-refractivity contribution >= 4 is 55.1 Å². The van der Waals surface area contributed by atoms with Gasteiger partial charge in [-0.25, -0.2) is 4.79 Å². The molecule has 2 radical (unpaired) electrons. The average molecular weight is 817 g/mol. The summed E-state index contributed by atoms with van der Waals surface area (Å²) in [6, 6.07) is 29.7. The minimum Gasteiger partial charge on any atom is -0.507 e. The minimum absolute atomic E-state index is 0. The van der Waals surface area contributed by atoms with E-state index in [-0.39, 0.29) is 104 Å². The SMILES string of the molecule is CC.CC.COc1c2ccccc2c(OC(=O)NCNC(C)=O)c2ccccc12.Oc1c2ccccc2c(O)c2ccccc12.[CH3-].[CH3-].[Y].[Y]. The van der Waals surface area contributed by atoms with E-state index in [1.807, 2.05) is 100 Å². The first-order chi connectivity index (χ1) is 21.9. The van der Waals surface area contributed by atoms with E-state index >= 15 is 0 Å². The van der Waals surface area contributed by atoms with Gasteiger partial charge in [0.25, 0.3) is 0 Å². The molecular weight excluding hydrogens is 770 g/mol. The molecule has 4 N–H and O–H groups in total. The summed E-state index contributed by atoms with van der Waals surface area (Å²) < 4.78 is 11.2. The van der Waals surface area contributed by atoms with Crippen LogP contribution in [0.1, 0.15) is 34.6 Å². The van der Waals surface area contributed by atoms with Gasteiger partial charge in [0.1, 0.15) is 23.0 Å². The third-order valence-corrected chi connectivity index (χ3v) is 6.68. The number of rotatable bonds is 4. The Morgan fingerprint density at radius 1 is 0.551 bits per heavy atom. The van der Waals surface area contributed by atoms with Gasteiger partial charge in [-0.15, -0.1) is 0 Å². The molecule has 256 valence electrons. The molecule has 0 aromatic heterocycles. The maximum Gasteiger partial charge on any atom is 0.414 e. The van der Waals surface area contributed by atoms with Gasteiger partial charge in [-0.3, -0.25) is 4.79 Å². The van der Waals surface area contributed by atoms with Gasteiger partial charge in [0.05, 0.1) is 13.8 Å². The normalized spacial score (nSPS) is 9.18. The van der Waals surface area contributed by atoms with E-state index < -0.39 is 6.09 Å². The fourth-order valence-corrected chi connectivity index (χ4v) is 4.83. The van der Waals surface area contributed by atoms with Crippen LogP contribution in [0.15, 0.2) is 97.1 Å². The van der Waals surface area contributed by atoms with Gasteiger partial charge in [-0.1, -0.05) is 125 Å². The van der Waals surface area contributed by atoms with E-state index in [0.29, 0.717) is 27.3 Å². The van der Waals surface area contributed by atoms with Gasteiger partial charge in [0.15, 0.2) is 0 Å². The molecule has 0 bridgehead atoms. The van der Waals surface area contributed by atoms with Gasteiger partial charge >= 0.3 is 6.09 Å². The fourth-order valence-electron chi connectivity index (χ4n) is 4.83. The summed E-state index contributed by atoms with van der Waals surface area (Å²) in [4.78, 5) is 23.0. The molecule has 0 saturated carbocycles. The van der Waals surface area contributed by atoms with Crippen LogP contribution >= 0.6 is 0 Å². The van der Waals surface area contributed by atoms with E-state index in [0.717, 1.165) is 27.3 Å². The van der Waals surface area contributed by atoms with E-state index in [2.05, 4.69) is 10.6 Å². The predicted molar refractivity (Wildman–Crippen MR) is 196 cm³/mol. The van der Waals surface area contributed by atoms with Crippen LogP contribution in [0.2, 0.25) is 0 Å². The number of amides is 2. The Hall–Kier alpha value is -3.29. The number of carbonyl (C=O) groups is 2. The van der Waals surface area contributed by atoms with Crippen LogP contribution in [0.4, 0.5) is 4.79 Å². The number of carbonyl (C=O) groups excluding carboxylic acids is 2. The number of aromatic hydroxyl groups is 2. The molecule has 2 amide bonds. The number of nitrogens with one attached hydrogen (secondary N) is 2. The molecule has 0 aliphatic carbocycles. The Morgan fingerprint density at radius 3 is 1.12 bits per heavy atom. The summed E-state index contributed by atoms with van der Waals surface area (Å²) in [6.07, 6.45) is -0.644. The number of methoxy groups -OCH3 is 1. The number of phenolic OH excluding ortho intramolecular Hbond substituents is 2. The standard InChI is InChI=1S/C19H18N2O4.C14H10O2.2C2H6.2CH3.2Y/c1-12(22)20-11-21-19(23)25-18-15-9-5-3-7-13(15)17(24-2)14-8-4-6-10-16(14)18;15-13-9-5-1-2-6-10(9)14(16)12-8-4-3-7-11(12)13;2*1-2;;;;/h3-10H,11H2,1-2H3,(H,20,22)(H,21,23);1-8,15-16H;2*1-2H3;2*1H3;;/q;;;;2*-1;;. The Morgan fingerprint density at radius 2 is 0.837 bits per heavy atom. The topological polar surface area (TPSA) is 117 Å². The summed E-state index contributed by atoms with van der Waals surface area (Å²) in [5.41, 5.74) is 0. The molecule has 0 heterocycles. The van der Waals surface area contributed by atoms with Crippen LogP contribution in [0.5, 0.6) is 23.0 Å². The quantitative estimate of drug-likeness (QED) is 0.0610. The largest absolute Gasteiger partial charge is 0.507 e. The third kappa shape index (κ3) is 11.4. The van der Waals surface area contributed by atoms with Crippen LogP contribution in [-0.4, -0.2) is 36.0 Å². The van der Waals surface area contributed by atoms with Crippen molar-refractivity contribution in [2.45, 2.75) is 34.6 Å². The van der Waals surface area contributed by atoms with Crippen molar-refractivity contribution in [2.75, 3.05) is 13.8 Å². The Labute approximate surface area is 340 Å². The van der Waals surface area contributed by atoms with Crippen molar-refractivity contribution in [2.24, 2.45) is 0 Å². The molecule has 0 atom stereocenters. The summed E-state index contributed by atoms with van der Waals surface area (Å²) >= 11 is 0. The first-order valence-corrected chi connectivity index (χ1v) is 14.9. The Kier molecular flexibility index (Phi) is 23.4. The maximum absolute atomic E-state index is 12.1.